The van der Waals surface area contributed by atoms with Crippen molar-refractivity contribution in [3.63, 3.8) is 0 Å². The first-order chi connectivity index (χ1) is 9.23. The summed E-state index contributed by atoms with van der Waals surface area (Å²) in [5, 5.41) is 9.66. The van der Waals surface area contributed by atoms with Gasteiger partial charge in [0, 0.05) is 25.9 Å². The maximum Gasteiger partial charge on any atom is 0.417 e. The van der Waals surface area contributed by atoms with Crippen LogP contribution < -0.4 is 0 Å². The maximum atomic E-state index is 12.6. The zero-order valence-corrected chi connectivity index (χ0v) is 11.1. The van der Waals surface area contributed by atoms with E-state index in [9.17, 15) is 23.1 Å². The van der Waals surface area contributed by atoms with Crippen LogP contribution in [0, 0.1) is 0 Å². The summed E-state index contributed by atoms with van der Waals surface area (Å²) in [5.74, 6) is -0.489. The fourth-order valence-electron chi connectivity index (χ4n) is 2.05. The number of hydrogen-bond acceptors (Lipinski definition) is 3. The number of nitrogens with zero attached hydrogens (tertiary/aromatic N) is 2. The lowest BCUT2D eigenvalue weighted by atomic mass is 9.90. The Bertz CT molecular complexity index is 514. The number of aromatic nitrogens is 1. The standard InChI is InChI=1S/C12H12ClF3N2O2/c13-9-3-1-2-8(17-9)10(19)18-6-4-11(20,5-7-18)12(14,15)16/h1-3,20H,4-7H2. The van der Waals surface area contributed by atoms with E-state index in [1.165, 1.54) is 17.0 Å². The molecule has 1 fully saturated rings. The van der Waals surface area contributed by atoms with E-state index in [-0.39, 0.29) is 23.9 Å². The van der Waals surface area contributed by atoms with Crippen LogP contribution in [0.4, 0.5) is 13.2 Å². The van der Waals surface area contributed by atoms with Gasteiger partial charge in [0.05, 0.1) is 0 Å². The van der Waals surface area contributed by atoms with Crippen LogP contribution in [0.25, 0.3) is 0 Å². The summed E-state index contributed by atoms with van der Waals surface area (Å²) in [7, 11) is 0. The van der Waals surface area contributed by atoms with Gasteiger partial charge in [0.2, 0.25) is 0 Å². The van der Waals surface area contributed by atoms with Gasteiger partial charge >= 0.3 is 6.18 Å². The van der Waals surface area contributed by atoms with Gasteiger partial charge in [-0.25, -0.2) is 4.98 Å². The Balaban J connectivity index is 2.06. The number of halogens is 4. The van der Waals surface area contributed by atoms with Crippen LogP contribution in [0.5, 0.6) is 0 Å². The van der Waals surface area contributed by atoms with Gasteiger partial charge in [-0.15, -0.1) is 0 Å². The number of amides is 1. The van der Waals surface area contributed by atoms with Crippen LogP contribution in [-0.2, 0) is 0 Å². The van der Waals surface area contributed by atoms with Crippen molar-refractivity contribution in [2.45, 2.75) is 24.6 Å². The predicted molar refractivity (Wildman–Crippen MR) is 65.4 cm³/mol. The lowest BCUT2D eigenvalue weighted by molar-refractivity contribution is -0.271. The van der Waals surface area contributed by atoms with Crippen LogP contribution in [0.1, 0.15) is 23.3 Å². The van der Waals surface area contributed by atoms with Crippen LogP contribution in [0.2, 0.25) is 5.15 Å². The molecule has 1 aliphatic heterocycles. The summed E-state index contributed by atoms with van der Waals surface area (Å²) in [6.07, 6.45) is -5.76. The fourth-order valence-corrected chi connectivity index (χ4v) is 2.22. The molecule has 4 nitrogen and oxygen atoms in total. The molecule has 110 valence electrons. The van der Waals surface area contributed by atoms with Gasteiger partial charge in [-0.1, -0.05) is 17.7 Å². The molecule has 0 radical (unpaired) electrons. The Kier molecular flexibility index (Phi) is 3.93. The molecule has 0 aromatic carbocycles. The Morgan fingerprint density at radius 3 is 2.45 bits per heavy atom. The van der Waals surface area contributed by atoms with Gasteiger partial charge in [0.1, 0.15) is 10.8 Å². The van der Waals surface area contributed by atoms with E-state index in [2.05, 4.69) is 4.98 Å². The normalized spacial score (nSPS) is 18.9. The second kappa shape index (κ2) is 5.21. The molecular formula is C12H12ClF3N2O2. The summed E-state index contributed by atoms with van der Waals surface area (Å²) < 4.78 is 37.9. The summed E-state index contributed by atoms with van der Waals surface area (Å²) in [4.78, 5) is 17.1. The van der Waals surface area contributed by atoms with Gasteiger partial charge in [0.25, 0.3) is 5.91 Å². The Morgan fingerprint density at radius 1 is 1.35 bits per heavy atom. The van der Waals surface area contributed by atoms with Crippen molar-refractivity contribution in [2.24, 2.45) is 0 Å². The Morgan fingerprint density at radius 2 is 1.95 bits per heavy atom. The van der Waals surface area contributed by atoms with E-state index in [0.29, 0.717) is 0 Å². The molecule has 1 aromatic rings. The highest BCUT2D eigenvalue weighted by Crippen LogP contribution is 2.38. The molecule has 1 amide bonds. The van der Waals surface area contributed by atoms with Crippen molar-refractivity contribution in [3.05, 3.63) is 29.0 Å². The van der Waals surface area contributed by atoms with Crippen molar-refractivity contribution in [2.75, 3.05) is 13.1 Å². The van der Waals surface area contributed by atoms with E-state index >= 15 is 0 Å². The second-order valence-corrected chi connectivity index (χ2v) is 5.05. The number of hydrogen-bond donors (Lipinski definition) is 1. The molecule has 0 aliphatic carbocycles. The van der Waals surface area contributed by atoms with Crippen molar-refractivity contribution < 1.29 is 23.1 Å². The van der Waals surface area contributed by atoms with Crippen LogP contribution >= 0.6 is 11.6 Å². The number of carbonyl (C=O) groups excluding carboxylic acids is 1. The van der Waals surface area contributed by atoms with Crippen LogP contribution in [0.3, 0.4) is 0 Å². The number of alkyl halides is 3. The number of rotatable bonds is 1. The minimum atomic E-state index is -4.68. The molecule has 0 unspecified atom stereocenters. The molecule has 1 aromatic heterocycles. The maximum absolute atomic E-state index is 12.6. The molecule has 2 rings (SSSR count). The summed E-state index contributed by atoms with van der Waals surface area (Å²) in [6, 6.07) is 4.48. The fraction of sp³-hybridized carbons (Fsp3) is 0.500. The highest BCUT2D eigenvalue weighted by Gasteiger charge is 2.54. The molecular weight excluding hydrogens is 297 g/mol. The highest BCUT2D eigenvalue weighted by molar-refractivity contribution is 6.29. The number of pyridine rings is 1. The zero-order valence-electron chi connectivity index (χ0n) is 10.3. The van der Waals surface area contributed by atoms with Crippen LogP contribution in [-0.4, -0.2) is 45.8 Å². The molecule has 1 aliphatic rings. The third-order valence-corrected chi connectivity index (χ3v) is 3.55. The van der Waals surface area contributed by atoms with Gasteiger partial charge < -0.3 is 10.0 Å². The summed E-state index contributed by atoms with van der Waals surface area (Å²) >= 11 is 5.66. The largest absolute Gasteiger partial charge is 0.417 e. The van der Waals surface area contributed by atoms with E-state index in [4.69, 9.17) is 11.6 Å². The Labute approximate surface area is 118 Å². The first-order valence-corrected chi connectivity index (χ1v) is 6.32. The number of likely N-dealkylation sites (tertiary alicyclic amines) is 1. The van der Waals surface area contributed by atoms with Crippen molar-refractivity contribution in [1.29, 1.82) is 0 Å². The number of carbonyl (C=O) groups is 1. The molecule has 8 heteroatoms. The van der Waals surface area contributed by atoms with Crippen molar-refractivity contribution >= 4 is 17.5 Å². The molecule has 0 saturated carbocycles. The Hall–Kier alpha value is -1.34. The third-order valence-electron chi connectivity index (χ3n) is 3.34. The van der Waals surface area contributed by atoms with Gasteiger partial charge in [-0.3, -0.25) is 4.79 Å². The molecule has 1 N–H and O–H groups in total. The highest BCUT2D eigenvalue weighted by atomic mass is 35.5. The summed E-state index contributed by atoms with van der Waals surface area (Å²) in [5.41, 5.74) is -2.64. The molecule has 2 heterocycles. The minimum Gasteiger partial charge on any atom is -0.380 e. The molecule has 0 spiro atoms. The average molecular weight is 309 g/mol. The van der Waals surface area contributed by atoms with E-state index in [1.54, 1.807) is 6.07 Å². The lowest BCUT2D eigenvalue weighted by Gasteiger charge is -2.38. The zero-order chi connectivity index (χ0) is 15.0. The number of aliphatic hydroxyl groups is 1. The van der Waals surface area contributed by atoms with E-state index < -0.39 is 30.5 Å². The van der Waals surface area contributed by atoms with Crippen molar-refractivity contribution in [1.82, 2.24) is 9.88 Å². The van der Waals surface area contributed by atoms with Gasteiger partial charge in [-0.2, -0.15) is 13.2 Å². The average Bonchev–Trinajstić information content (AvgIpc) is 2.37. The molecule has 0 atom stereocenters. The van der Waals surface area contributed by atoms with E-state index in [1.807, 2.05) is 0 Å². The summed E-state index contributed by atoms with van der Waals surface area (Å²) in [6.45, 7) is -0.355. The first kappa shape index (κ1) is 15.1. The number of piperidine rings is 1. The SMILES string of the molecule is O=C(c1cccc(Cl)n1)N1CCC(O)(C(F)(F)F)CC1. The molecule has 20 heavy (non-hydrogen) atoms. The minimum absolute atomic E-state index is 0.0787. The monoisotopic (exact) mass is 308 g/mol. The molecule has 1 saturated heterocycles. The third kappa shape index (κ3) is 2.88. The smallest absolute Gasteiger partial charge is 0.380 e. The lowest BCUT2D eigenvalue weighted by Crippen LogP contribution is -2.54. The predicted octanol–water partition coefficient (Wildman–Crippen LogP) is 2.26. The quantitative estimate of drug-likeness (QED) is 0.810. The second-order valence-electron chi connectivity index (χ2n) is 4.67. The van der Waals surface area contributed by atoms with Gasteiger partial charge in [-0.05, 0) is 12.1 Å². The van der Waals surface area contributed by atoms with E-state index in [0.717, 1.165) is 0 Å². The van der Waals surface area contributed by atoms with Gasteiger partial charge in [0.15, 0.2) is 5.60 Å². The van der Waals surface area contributed by atoms with Crippen LogP contribution in [0.15, 0.2) is 18.2 Å². The first-order valence-electron chi connectivity index (χ1n) is 5.94. The topological polar surface area (TPSA) is 53.4 Å². The van der Waals surface area contributed by atoms with Crippen molar-refractivity contribution in [3.8, 4) is 0 Å². The molecule has 0 bridgehead atoms.